The Hall–Kier alpha value is -2.26. The topological polar surface area (TPSA) is 68.2 Å². The van der Waals surface area contributed by atoms with Gasteiger partial charge in [0.15, 0.2) is 0 Å². The third-order valence-electron chi connectivity index (χ3n) is 2.48. The molecule has 1 aromatic carbocycles. The number of rotatable bonds is 5. The molecule has 0 fully saturated rings. The van der Waals surface area contributed by atoms with Crippen molar-refractivity contribution < 1.29 is 22.7 Å². The molecule has 0 unspecified atom stereocenters. The van der Waals surface area contributed by atoms with Gasteiger partial charge < -0.3 is 15.4 Å². The Morgan fingerprint density at radius 1 is 1.22 bits per heavy atom. The van der Waals surface area contributed by atoms with E-state index in [2.05, 4.69) is 20.5 Å². The molecule has 0 saturated heterocycles. The zero-order chi connectivity index (χ0) is 16.9. The largest absolute Gasteiger partial charge is 0.411 e. The number of carbonyl (C=O) groups is 1. The van der Waals surface area contributed by atoms with Crippen molar-refractivity contribution in [3.8, 4) is 0 Å². The molecule has 0 aliphatic carbocycles. The number of urea groups is 1. The molecular formula is C13H12ClF3N4O2. The van der Waals surface area contributed by atoms with Crippen LogP contribution in [0, 0.1) is 0 Å². The second-order valence-corrected chi connectivity index (χ2v) is 4.88. The highest BCUT2D eigenvalue weighted by atomic mass is 35.5. The lowest BCUT2D eigenvalue weighted by Gasteiger charge is -2.07. The monoisotopic (exact) mass is 348 g/mol. The molecule has 6 nitrogen and oxygen atoms in total. The fraction of sp³-hybridized carbons (Fsp3) is 0.231. The maximum absolute atomic E-state index is 11.9. The Labute approximate surface area is 134 Å². The van der Waals surface area contributed by atoms with Crippen molar-refractivity contribution in [3.05, 3.63) is 41.7 Å². The van der Waals surface area contributed by atoms with E-state index < -0.39 is 18.8 Å². The normalized spacial score (nSPS) is 11.3. The lowest BCUT2D eigenvalue weighted by atomic mass is 10.3. The maximum atomic E-state index is 11.9. The van der Waals surface area contributed by atoms with Crippen LogP contribution in [0.3, 0.4) is 0 Å². The third-order valence-corrected chi connectivity index (χ3v) is 2.73. The van der Waals surface area contributed by atoms with Gasteiger partial charge in [-0.05, 0) is 24.3 Å². The predicted octanol–water partition coefficient (Wildman–Crippen LogP) is 3.72. The number of ether oxygens (including phenoxy) is 1. The highest BCUT2D eigenvalue weighted by Gasteiger charge is 2.27. The molecular weight excluding hydrogens is 337 g/mol. The number of benzene rings is 1. The predicted molar refractivity (Wildman–Crippen MR) is 78.3 cm³/mol. The molecule has 0 atom stereocenters. The molecule has 10 heteroatoms. The first-order valence-corrected chi connectivity index (χ1v) is 6.70. The highest BCUT2D eigenvalue weighted by Crippen LogP contribution is 2.15. The van der Waals surface area contributed by atoms with Gasteiger partial charge in [0.1, 0.15) is 13.3 Å². The molecule has 1 aromatic heterocycles. The first-order chi connectivity index (χ1) is 10.8. The molecule has 124 valence electrons. The minimum Gasteiger partial charge on any atom is -0.350 e. The minimum absolute atomic E-state index is 0.312. The van der Waals surface area contributed by atoms with Crippen LogP contribution < -0.4 is 10.6 Å². The second kappa shape index (κ2) is 7.34. The van der Waals surface area contributed by atoms with Crippen LogP contribution in [0.2, 0.25) is 5.02 Å². The van der Waals surface area contributed by atoms with Crippen LogP contribution in [0.15, 0.2) is 36.7 Å². The number of alkyl halides is 3. The van der Waals surface area contributed by atoms with Gasteiger partial charge in [-0.2, -0.15) is 18.3 Å². The summed E-state index contributed by atoms with van der Waals surface area (Å²) >= 11 is 5.73. The summed E-state index contributed by atoms with van der Waals surface area (Å²) in [5.74, 6) is 0. The number of nitrogens with one attached hydrogen (secondary N) is 2. The third kappa shape index (κ3) is 6.17. The minimum atomic E-state index is -4.40. The van der Waals surface area contributed by atoms with Crippen molar-refractivity contribution in [2.45, 2.75) is 12.9 Å². The highest BCUT2D eigenvalue weighted by molar-refractivity contribution is 6.30. The summed E-state index contributed by atoms with van der Waals surface area (Å²) in [7, 11) is 0. The molecule has 0 aliphatic rings. The number of anilines is 2. The van der Waals surface area contributed by atoms with E-state index >= 15 is 0 Å². The van der Waals surface area contributed by atoms with Crippen molar-refractivity contribution in [1.29, 1.82) is 0 Å². The number of halogens is 4. The maximum Gasteiger partial charge on any atom is 0.411 e. The summed E-state index contributed by atoms with van der Waals surface area (Å²) in [5, 5.41) is 9.36. The van der Waals surface area contributed by atoms with Crippen molar-refractivity contribution >= 4 is 29.0 Å². The van der Waals surface area contributed by atoms with Gasteiger partial charge in [0, 0.05) is 10.7 Å². The smallest absolute Gasteiger partial charge is 0.350 e. The summed E-state index contributed by atoms with van der Waals surface area (Å²) in [6.07, 6.45) is -1.76. The van der Waals surface area contributed by atoms with Crippen molar-refractivity contribution in [3.63, 3.8) is 0 Å². The number of hydrogen-bond acceptors (Lipinski definition) is 3. The molecule has 0 bridgehead atoms. The lowest BCUT2D eigenvalue weighted by Crippen LogP contribution is -2.19. The first-order valence-electron chi connectivity index (χ1n) is 6.32. The van der Waals surface area contributed by atoms with E-state index in [1.807, 2.05) is 0 Å². The molecule has 0 spiro atoms. The van der Waals surface area contributed by atoms with Crippen LogP contribution in [0.5, 0.6) is 0 Å². The zero-order valence-corrected chi connectivity index (χ0v) is 12.4. The molecule has 0 saturated carbocycles. The molecule has 2 N–H and O–H groups in total. The molecule has 2 rings (SSSR count). The van der Waals surface area contributed by atoms with Gasteiger partial charge in [0.05, 0.1) is 18.1 Å². The Kier molecular flexibility index (Phi) is 5.45. The van der Waals surface area contributed by atoms with Gasteiger partial charge >= 0.3 is 12.2 Å². The van der Waals surface area contributed by atoms with Crippen molar-refractivity contribution in [2.24, 2.45) is 0 Å². The number of aromatic nitrogens is 2. The fourth-order valence-electron chi connectivity index (χ4n) is 1.58. The summed E-state index contributed by atoms with van der Waals surface area (Å²) in [4.78, 5) is 11.7. The van der Waals surface area contributed by atoms with E-state index in [-0.39, 0.29) is 6.73 Å². The molecule has 2 aromatic rings. The zero-order valence-electron chi connectivity index (χ0n) is 11.6. The lowest BCUT2D eigenvalue weighted by molar-refractivity contribution is -0.182. The summed E-state index contributed by atoms with van der Waals surface area (Å²) in [6, 6.07) is 5.95. The van der Waals surface area contributed by atoms with Crippen LogP contribution in [0.25, 0.3) is 0 Å². The number of hydrogen-bond donors (Lipinski definition) is 2. The number of nitrogens with zero attached hydrogens (tertiary/aromatic N) is 2. The van der Waals surface area contributed by atoms with E-state index in [1.54, 1.807) is 24.3 Å². The Morgan fingerprint density at radius 3 is 2.52 bits per heavy atom. The van der Waals surface area contributed by atoms with E-state index in [0.29, 0.717) is 16.4 Å². The van der Waals surface area contributed by atoms with Gasteiger partial charge in [-0.25, -0.2) is 9.48 Å². The van der Waals surface area contributed by atoms with Crippen LogP contribution in [0.1, 0.15) is 0 Å². The molecule has 0 radical (unpaired) electrons. The molecule has 1 heterocycles. The first kappa shape index (κ1) is 17.1. The van der Waals surface area contributed by atoms with Crippen LogP contribution >= 0.6 is 11.6 Å². The Bertz CT molecular complexity index is 658. The standard InChI is InChI=1S/C13H12ClF3N4O2/c14-9-1-3-10(4-2-9)19-12(22)20-11-5-18-21(6-11)8-23-7-13(15,16)17/h1-6H,7-8H2,(H2,19,20,22). The van der Waals surface area contributed by atoms with Crippen LogP contribution in [-0.2, 0) is 11.5 Å². The number of amides is 2. The van der Waals surface area contributed by atoms with Gasteiger partial charge in [0.2, 0.25) is 0 Å². The van der Waals surface area contributed by atoms with Gasteiger partial charge in [-0.1, -0.05) is 11.6 Å². The van der Waals surface area contributed by atoms with Gasteiger partial charge in [-0.15, -0.1) is 0 Å². The summed E-state index contributed by atoms with van der Waals surface area (Å²) in [5.41, 5.74) is 0.847. The van der Waals surface area contributed by atoms with Gasteiger partial charge in [-0.3, -0.25) is 0 Å². The SMILES string of the molecule is O=C(Nc1ccc(Cl)cc1)Nc1cnn(COCC(F)(F)F)c1. The second-order valence-electron chi connectivity index (χ2n) is 4.45. The molecule has 0 aliphatic heterocycles. The van der Waals surface area contributed by atoms with E-state index in [0.717, 1.165) is 4.68 Å². The van der Waals surface area contributed by atoms with Gasteiger partial charge in [0.25, 0.3) is 0 Å². The molecule has 2 amide bonds. The summed E-state index contributed by atoms with van der Waals surface area (Å²) in [6.45, 7) is -1.74. The van der Waals surface area contributed by atoms with E-state index in [4.69, 9.17) is 11.6 Å². The van der Waals surface area contributed by atoms with E-state index in [9.17, 15) is 18.0 Å². The molecule has 23 heavy (non-hydrogen) atoms. The van der Waals surface area contributed by atoms with Crippen LogP contribution in [-0.4, -0.2) is 28.6 Å². The van der Waals surface area contributed by atoms with Crippen molar-refractivity contribution in [1.82, 2.24) is 9.78 Å². The average molecular weight is 349 g/mol. The summed E-state index contributed by atoms with van der Waals surface area (Å²) < 4.78 is 41.4. The fourth-order valence-corrected chi connectivity index (χ4v) is 1.71. The Balaban J connectivity index is 1.81. The Morgan fingerprint density at radius 2 is 1.87 bits per heavy atom. The average Bonchev–Trinajstić information content (AvgIpc) is 2.87. The van der Waals surface area contributed by atoms with E-state index in [1.165, 1.54) is 12.4 Å². The van der Waals surface area contributed by atoms with Crippen molar-refractivity contribution in [2.75, 3.05) is 17.2 Å². The quantitative estimate of drug-likeness (QED) is 0.865. The number of carbonyl (C=O) groups excluding carboxylic acids is 1. The van der Waals surface area contributed by atoms with Crippen LogP contribution in [0.4, 0.5) is 29.3 Å².